The van der Waals surface area contributed by atoms with Crippen LogP contribution in [0.3, 0.4) is 0 Å². The molecule has 0 radical (unpaired) electrons. The molecule has 1 aliphatic rings. The van der Waals surface area contributed by atoms with Crippen LogP contribution in [0.15, 0.2) is 48.5 Å². The molecule has 0 saturated heterocycles. The van der Waals surface area contributed by atoms with Crippen molar-refractivity contribution in [3.63, 3.8) is 0 Å². The second-order valence-corrected chi connectivity index (χ2v) is 4.19. The van der Waals surface area contributed by atoms with E-state index in [1.54, 1.807) is 42.5 Å². The van der Waals surface area contributed by atoms with Crippen molar-refractivity contribution in [2.75, 3.05) is 12.0 Å². The van der Waals surface area contributed by atoms with E-state index in [1.165, 1.54) is 12.0 Å². The highest BCUT2D eigenvalue weighted by molar-refractivity contribution is 6.34. The van der Waals surface area contributed by atoms with Crippen LogP contribution >= 0.6 is 0 Å². The van der Waals surface area contributed by atoms with Crippen molar-refractivity contribution in [2.45, 2.75) is 13.8 Å². The molecule has 4 nitrogen and oxygen atoms in total. The van der Waals surface area contributed by atoms with Crippen molar-refractivity contribution in [2.24, 2.45) is 0 Å². The van der Waals surface area contributed by atoms with Gasteiger partial charge in [0, 0.05) is 0 Å². The fourth-order valence-electron chi connectivity index (χ4n) is 2.16. The molecule has 0 N–H and O–H groups in total. The van der Waals surface area contributed by atoms with Crippen LogP contribution < -0.4 is 9.64 Å². The van der Waals surface area contributed by atoms with Gasteiger partial charge in [-0.2, -0.15) is 0 Å². The van der Waals surface area contributed by atoms with Crippen LogP contribution in [-0.4, -0.2) is 18.9 Å². The second kappa shape index (κ2) is 6.22. The lowest BCUT2D eigenvalue weighted by Gasteiger charge is -2.13. The van der Waals surface area contributed by atoms with Gasteiger partial charge in [-0.1, -0.05) is 32.0 Å². The minimum absolute atomic E-state index is 0.297. The summed E-state index contributed by atoms with van der Waals surface area (Å²) < 4.78 is 5.08. The molecular formula is C17H17NO3. The fraction of sp³-hybridized carbons (Fsp3) is 0.176. The van der Waals surface area contributed by atoms with E-state index >= 15 is 0 Å². The molecule has 21 heavy (non-hydrogen) atoms. The van der Waals surface area contributed by atoms with Crippen molar-refractivity contribution in [3.8, 4) is 5.75 Å². The van der Waals surface area contributed by atoms with Gasteiger partial charge in [0.1, 0.15) is 5.75 Å². The van der Waals surface area contributed by atoms with E-state index in [9.17, 15) is 9.59 Å². The molecule has 0 bridgehead atoms. The molecule has 0 fully saturated rings. The SMILES string of the molecule is CC.COc1ccc2c(c1)C(=O)N(c1ccccc1)C2=O. The predicted octanol–water partition coefficient (Wildman–Crippen LogP) is 3.52. The second-order valence-electron chi connectivity index (χ2n) is 4.19. The van der Waals surface area contributed by atoms with Crippen molar-refractivity contribution >= 4 is 17.5 Å². The Hall–Kier alpha value is -2.62. The Balaban J connectivity index is 0.000000774. The van der Waals surface area contributed by atoms with Gasteiger partial charge in [0.15, 0.2) is 0 Å². The summed E-state index contributed by atoms with van der Waals surface area (Å²) in [4.78, 5) is 25.8. The number of methoxy groups -OCH3 is 1. The van der Waals surface area contributed by atoms with Gasteiger partial charge in [-0.05, 0) is 30.3 Å². The lowest BCUT2D eigenvalue weighted by molar-refractivity contribution is 0.0926. The van der Waals surface area contributed by atoms with Crippen LogP contribution in [0.2, 0.25) is 0 Å². The van der Waals surface area contributed by atoms with E-state index in [4.69, 9.17) is 4.74 Å². The maximum absolute atomic E-state index is 12.3. The van der Waals surface area contributed by atoms with E-state index in [2.05, 4.69) is 0 Å². The van der Waals surface area contributed by atoms with Gasteiger partial charge in [0.25, 0.3) is 11.8 Å². The first-order valence-electron chi connectivity index (χ1n) is 6.84. The van der Waals surface area contributed by atoms with E-state index in [0.717, 1.165) is 0 Å². The Morgan fingerprint density at radius 3 is 2.10 bits per heavy atom. The molecule has 0 unspecified atom stereocenters. The number of amides is 2. The van der Waals surface area contributed by atoms with Crippen LogP contribution in [0.4, 0.5) is 5.69 Å². The Morgan fingerprint density at radius 1 is 0.857 bits per heavy atom. The number of fused-ring (bicyclic) bond motifs is 1. The van der Waals surface area contributed by atoms with Gasteiger partial charge < -0.3 is 4.74 Å². The first-order valence-corrected chi connectivity index (χ1v) is 6.84. The monoisotopic (exact) mass is 283 g/mol. The molecule has 1 heterocycles. The van der Waals surface area contributed by atoms with Crippen molar-refractivity contribution in [1.82, 2.24) is 0 Å². The molecule has 2 amide bonds. The Kier molecular flexibility index (Phi) is 4.38. The third-order valence-electron chi connectivity index (χ3n) is 3.11. The minimum atomic E-state index is -0.315. The molecule has 0 spiro atoms. The first kappa shape index (κ1) is 14.8. The number of hydrogen-bond acceptors (Lipinski definition) is 3. The van der Waals surface area contributed by atoms with Crippen molar-refractivity contribution in [1.29, 1.82) is 0 Å². The highest BCUT2D eigenvalue weighted by atomic mass is 16.5. The van der Waals surface area contributed by atoms with Crippen LogP contribution in [0.1, 0.15) is 34.6 Å². The number of benzene rings is 2. The van der Waals surface area contributed by atoms with Crippen LogP contribution in [-0.2, 0) is 0 Å². The largest absolute Gasteiger partial charge is 0.497 e. The molecule has 0 aromatic heterocycles. The van der Waals surface area contributed by atoms with Crippen LogP contribution in [0, 0.1) is 0 Å². The predicted molar refractivity (Wildman–Crippen MR) is 81.9 cm³/mol. The molecule has 0 aliphatic carbocycles. The number of ether oxygens (including phenoxy) is 1. The minimum Gasteiger partial charge on any atom is -0.497 e. The number of hydrogen-bond donors (Lipinski definition) is 0. The van der Waals surface area contributed by atoms with Gasteiger partial charge in [0.2, 0.25) is 0 Å². The van der Waals surface area contributed by atoms with E-state index in [0.29, 0.717) is 22.6 Å². The Morgan fingerprint density at radius 2 is 1.48 bits per heavy atom. The summed E-state index contributed by atoms with van der Waals surface area (Å²) in [6, 6.07) is 13.8. The van der Waals surface area contributed by atoms with E-state index in [1.807, 2.05) is 19.9 Å². The molecule has 2 aromatic carbocycles. The van der Waals surface area contributed by atoms with E-state index in [-0.39, 0.29) is 11.8 Å². The van der Waals surface area contributed by atoms with Crippen LogP contribution in [0.5, 0.6) is 5.75 Å². The highest BCUT2D eigenvalue weighted by Gasteiger charge is 2.36. The number of imide groups is 1. The van der Waals surface area contributed by atoms with Crippen LogP contribution in [0.25, 0.3) is 0 Å². The van der Waals surface area contributed by atoms with Gasteiger partial charge in [-0.15, -0.1) is 0 Å². The quantitative estimate of drug-likeness (QED) is 0.792. The van der Waals surface area contributed by atoms with Gasteiger partial charge in [-0.25, -0.2) is 4.90 Å². The lowest BCUT2D eigenvalue weighted by atomic mass is 10.1. The molecule has 1 aliphatic heterocycles. The number of nitrogens with zero attached hydrogens (tertiary/aromatic N) is 1. The topological polar surface area (TPSA) is 46.6 Å². The van der Waals surface area contributed by atoms with Gasteiger partial charge in [-0.3, -0.25) is 9.59 Å². The number of carbonyl (C=O) groups is 2. The Bertz CT molecular complexity index is 665. The molecule has 2 aromatic rings. The molecule has 3 rings (SSSR count). The maximum atomic E-state index is 12.3. The first-order chi connectivity index (χ1) is 10.2. The zero-order chi connectivity index (χ0) is 15.4. The number of rotatable bonds is 2. The normalized spacial score (nSPS) is 12.6. The maximum Gasteiger partial charge on any atom is 0.266 e. The van der Waals surface area contributed by atoms with Gasteiger partial charge >= 0.3 is 0 Å². The Labute approximate surface area is 124 Å². The molecule has 0 atom stereocenters. The number of anilines is 1. The third-order valence-corrected chi connectivity index (χ3v) is 3.11. The summed E-state index contributed by atoms with van der Waals surface area (Å²) in [7, 11) is 1.53. The zero-order valence-electron chi connectivity index (χ0n) is 12.3. The van der Waals surface area contributed by atoms with Crippen molar-refractivity contribution < 1.29 is 14.3 Å². The summed E-state index contributed by atoms with van der Waals surface area (Å²) >= 11 is 0. The summed E-state index contributed by atoms with van der Waals surface area (Å²) in [5.41, 5.74) is 1.37. The smallest absolute Gasteiger partial charge is 0.266 e. The third kappa shape index (κ3) is 2.52. The van der Waals surface area contributed by atoms with E-state index < -0.39 is 0 Å². The fourth-order valence-corrected chi connectivity index (χ4v) is 2.16. The van der Waals surface area contributed by atoms with Crippen molar-refractivity contribution in [3.05, 3.63) is 59.7 Å². The lowest BCUT2D eigenvalue weighted by Crippen LogP contribution is -2.29. The standard InChI is InChI=1S/C15H11NO3.C2H6/c1-19-11-7-8-12-13(9-11)15(18)16(14(12)17)10-5-3-2-4-6-10;1-2/h2-9H,1H3;1-2H3. The summed E-state index contributed by atoms with van der Waals surface area (Å²) in [6.07, 6.45) is 0. The molecule has 108 valence electrons. The average Bonchev–Trinajstić information content (AvgIpc) is 2.81. The number of carbonyl (C=O) groups excluding carboxylic acids is 2. The van der Waals surface area contributed by atoms with Gasteiger partial charge in [0.05, 0.1) is 23.9 Å². The summed E-state index contributed by atoms with van der Waals surface area (Å²) in [5, 5.41) is 0. The summed E-state index contributed by atoms with van der Waals surface area (Å²) in [6.45, 7) is 4.00. The number of para-hydroxylation sites is 1. The molecule has 0 saturated carbocycles. The highest BCUT2D eigenvalue weighted by Crippen LogP contribution is 2.30. The molecular weight excluding hydrogens is 266 g/mol. The summed E-state index contributed by atoms with van der Waals surface area (Å²) in [5.74, 6) is -0.0474. The molecule has 4 heteroatoms. The average molecular weight is 283 g/mol. The zero-order valence-corrected chi connectivity index (χ0v) is 12.3.